The number of piperazine rings is 1. The van der Waals surface area contributed by atoms with E-state index in [1.807, 2.05) is 27.9 Å². The normalized spacial score (nSPS) is 22.2. The predicted molar refractivity (Wildman–Crippen MR) is 230 cm³/mol. The summed E-state index contributed by atoms with van der Waals surface area (Å²) in [5, 5.41) is 35.5. The molecule has 18 heteroatoms. The Morgan fingerprint density at radius 3 is 2.44 bits per heavy atom. The molecule has 2 aromatic carbocycles. The minimum absolute atomic E-state index is 0.00198. The monoisotopic (exact) mass is 871 g/mol. The number of rotatable bonds is 9. The van der Waals surface area contributed by atoms with Crippen molar-refractivity contribution in [3.63, 3.8) is 0 Å². The van der Waals surface area contributed by atoms with Crippen molar-refractivity contribution in [2.24, 2.45) is 5.92 Å². The van der Waals surface area contributed by atoms with E-state index in [-0.39, 0.29) is 79.4 Å². The standard InChI is InChI=1S/C46H47F2N11O5/c1-46(2,64)35-18-38-27(15-39(35)52-44(62)40-10-8-31-14-26(19-49)20-51-59(31)40)24-58(54-38)30-6-4-29(5-7-30)55-12-13-57(33(25-55)21-50-3)45(63)28-22-56(23-28)32-16-36(47)42(37(48)17-32)34-9-11-41(60)53-43(34)61/h8,10,14-18,20,24,28-30,33-34,64H,4-7,9,11-13,21-23,25H2,1-2H3,(H,52,62)(H,53,60,61)/t29?,30?,33-,34+/m0/s1. The average Bonchev–Trinajstić information content (AvgIpc) is 3.87. The van der Waals surface area contributed by atoms with E-state index in [0.717, 1.165) is 31.1 Å². The van der Waals surface area contributed by atoms with E-state index >= 15 is 8.78 Å². The number of hydrogen-bond donors (Lipinski definition) is 3. The van der Waals surface area contributed by atoms with Gasteiger partial charge in [0.25, 0.3) is 5.91 Å². The number of carbonyl (C=O) groups is 4. The van der Waals surface area contributed by atoms with Gasteiger partial charge in [-0.15, -0.1) is 0 Å². The summed E-state index contributed by atoms with van der Waals surface area (Å²) >= 11 is 0. The number of halogens is 2. The number of anilines is 2. The molecule has 64 heavy (non-hydrogen) atoms. The molecule has 3 aromatic heterocycles. The molecule has 9 rings (SSSR count). The Morgan fingerprint density at radius 1 is 1.02 bits per heavy atom. The maximum atomic E-state index is 15.2. The summed E-state index contributed by atoms with van der Waals surface area (Å²) in [6, 6.07) is 13.2. The maximum absolute atomic E-state index is 15.2. The molecule has 2 atom stereocenters. The second kappa shape index (κ2) is 16.7. The molecule has 4 aliphatic rings. The third-order valence-corrected chi connectivity index (χ3v) is 13.3. The first kappa shape index (κ1) is 42.5. The van der Waals surface area contributed by atoms with Crippen LogP contribution in [0.4, 0.5) is 20.2 Å². The molecule has 0 bridgehead atoms. The quantitative estimate of drug-likeness (QED) is 0.136. The van der Waals surface area contributed by atoms with E-state index in [1.165, 1.54) is 22.8 Å². The molecule has 0 unspecified atom stereocenters. The van der Waals surface area contributed by atoms with Crippen LogP contribution in [0, 0.1) is 35.5 Å². The van der Waals surface area contributed by atoms with Crippen molar-refractivity contribution < 1.29 is 33.1 Å². The number of nitriles is 1. The molecule has 6 heterocycles. The van der Waals surface area contributed by atoms with Crippen LogP contribution in [-0.2, 0) is 20.0 Å². The number of fused-ring (bicyclic) bond motifs is 2. The second-order valence-corrected chi connectivity index (χ2v) is 17.9. The van der Waals surface area contributed by atoms with Crippen LogP contribution in [0.15, 0.2) is 54.9 Å². The Kier molecular flexibility index (Phi) is 11.1. The highest BCUT2D eigenvalue weighted by Gasteiger charge is 2.43. The zero-order valence-electron chi connectivity index (χ0n) is 35.4. The fraction of sp³-hybridized carbons (Fsp3) is 0.435. The summed E-state index contributed by atoms with van der Waals surface area (Å²) in [4.78, 5) is 60.8. The lowest BCUT2D eigenvalue weighted by Crippen LogP contribution is -2.63. The second-order valence-electron chi connectivity index (χ2n) is 17.9. The van der Waals surface area contributed by atoms with Crippen LogP contribution in [0.3, 0.4) is 0 Å². The van der Waals surface area contributed by atoms with Gasteiger partial charge < -0.3 is 25.1 Å². The number of hydrogen-bond acceptors (Lipinski definition) is 10. The fourth-order valence-corrected chi connectivity index (χ4v) is 9.89. The largest absolute Gasteiger partial charge is 0.386 e. The van der Waals surface area contributed by atoms with Crippen molar-refractivity contribution in [2.75, 3.05) is 49.5 Å². The molecule has 3 N–H and O–H groups in total. The summed E-state index contributed by atoms with van der Waals surface area (Å²) in [5.74, 6) is -4.88. The van der Waals surface area contributed by atoms with Gasteiger partial charge in [0.15, 0.2) is 0 Å². The first-order valence-electron chi connectivity index (χ1n) is 21.6. The van der Waals surface area contributed by atoms with Crippen LogP contribution in [0.2, 0.25) is 0 Å². The van der Waals surface area contributed by atoms with Crippen molar-refractivity contribution in [1.29, 1.82) is 5.26 Å². The smallest absolute Gasteiger partial charge is 0.274 e. The summed E-state index contributed by atoms with van der Waals surface area (Å²) in [7, 11) is 0. The Balaban J connectivity index is 0.813. The number of piperidine rings is 1. The molecule has 4 fully saturated rings. The van der Waals surface area contributed by atoms with E-state index in [2.05, 4.69) is 31.5 Å². The zero-order valence-corrected chi connectivity index (χ0v) is 35.4. The number of imide groups is 1. The van der Waals surface area contributed by atoms with Gasteiger partial charge in [0.05, 0.1) is 46.3 Å². The van der Waals surface area contributed by atoms with Gasteiger partial charge in [-0.05, 0) is 88.4 Å². The van der Waals surface area contributed by atoms with Gasteiger partial charge >= 0.3 is 0 Å². The van der Waals surface area contributed by atoms with Crippen molar-refractivity contribution >= 4 is 51.4 Å². The lowest BCUT2D eigenvalue weighted by Gasteiger charge is -2.48. The number of carbonyl (C=O) groups excluding carboxylic acids is 4. The molecule has 4 amide bonds. The highest BCUT2D eigenvalue weighted by atomic mass is 19.1. The van der Waals surface area contributed by atoms with E-state index in [4.69, 9.17) is 11.7 Å². The summed E-state index contributed by atoms with van der Waals surface area (Å²) < 4.78 is 33.9. The number of aliphatic hydroxyl groups is 1. The average molecular weight is 872 g/mol. The zero-order chi connectivity index (χ0) is 45.0. The Bertz CT molecular complexity index is 2760. The molecule has 3 aliphatic heterocycles. The van der Waals surface area contributed by atoms with Gasteiger partial charge in [-0.2, -0.15) is 15.5 Å². The minimum Gasteiger partial charge on any atom is -0.386 e. The number of aromatic nitrogens is 4. The summed E-state index contributed by atoms with van der Waals surface area (Å²) in [6.45, 7) is 13.4. The molecule has 5 aromatic rings. The minimum atomic E-state index is -1.30. The lowest BCUT2D eigenvalue weighted by atomic mass is 9.88. The highest BCUT2D eigenvalue weighted by Crippen LogP contribution is 2.38. The molecule has 0 spiro atoms. The molecule has 330 valence electrons. The van der Waals surface area contributed by atoms with Crippen LogP contribution in [0.5, 0.6) is 0 Å². The first-order valence-corrected chi connectivity index (χ1v) is 21.6. The van der Waals surface area contributed by atoms with Gasteiger partial charge in [-0.1, -0.05) is 0 Å². The Hall–Kier alpha value is -6.76. The number of nitrogens with zero attached hydrogens (tertiary/aromatic N) is 9. The van der Waals surface area contributed by atoms with Gasteiger partial charge in [0.2, 0.25) is 24.3 Å². The SMILES string of the molecule is [C-]#[N+]C[C@H]1CN(C2CCC(n3cc4cc(NC(=O)c5ccc6cc(C#N)cnn56)c(C(C)(C)O)cc4n3)CC2)CCN1C(=O)C1CN(c2cc(F)c([C@H]3CCC(=O)NC3=O)c(F)c2)C1. The van der Waals surface area contributed by atoms with Crippen LogP contribution in [-0.4, -0.2) is 109 Å². The van der Waals surface area contributed by atoms with Gasteiger partial charge in [-0.25, -0.2) is 19.9 Å². The Labute approximate surface area is 367 Å². The summed E-state index contributed by atoms with van der Waals surface area (Å²) in [6.07, 6.45) is 6.93. The number of benzene rings is 2. The number of amides is 4. The lowest BCUT2D eigenvalue weighted by molar-refractivity contribution is -0.141. The molecular weight excluding hydrogens is 825 g/mol. The molecule has 1 aliphatic carbocycles. The van der Waals surface area contributed by atoms with Crippen molar-refractivity contribution in [3.05, 3.63) is 100 Å². The first-order chi connectivity index (χ1) is 30.7. The summed E-state index contributed by atoms with van der Waals surface area (Å²) in [5.41, 5.74) is 1.53. The molecule has 3 saturated heterocycles. The molecule has 1 saturated carbocycles. The Morgan fingerprint density at radius 2 is 1.75 bits per heavy atom. The molecule has 16 nitrogen and oxygen atoms in total. The van der Waals surface area contributed by atoms with E-state index < -0.39 is 40.9 Å². The predicted octanol–water partition coefficient (Wildman–Crippen LogP) is 4.89. The highest BCUT2D eigenvalue weighted by molar-refractivity contribution is 6.05. The van der Waals surface area contributed by atoms with Gasteiger partial charge in [0, 0.05) is 79.3 Å². The van der Waals surface area contributed by atoms with E-state index in [1.54, 1.807) is 36.9 Å². The van der Waals surface area contributed by atoms with E-state index in [9.17, 15) is 29.5 Å². The van der Waals surface area contributed by atoms with Crippen molar-refractivity contribution in [3.8, 4) is 6.07 Å². The topological polar surface area (TPSA) is 186 Å². The van der Waals surface area contributed by atoms with Crippen molar-refractivity contribution in [2.45, 2.75) is 82.0 Å². The van der Waals surface area contributed by atoms with E-state index in [0.29, 0.717) is 47.5 Å². The van der Waals surface area contributed by atoms with Crippen LogP contribution in [0.25, 0.3) is 21.3 Å². The fourth-order valence-electron chi connectivity index (χ4n) is 9.89. The third kappa shape index (κ3) is 8.03. The van der Waals surface area contributed by atoms with Crippen LogP contribution in [0.1, 0.15) is 91.5 Å². The van der Waals surface area contributed by atoms with Gasteiger partial charge in [0.1, 0.15) is 29.4 Å². The number of nitrogens with one attached hydrogen (secondary N) is 2. The molecular formula is C46H47F2N11O5. The van der Waals surface area contributed by atoms with Crippen LogP contribution >= 0.6 is 0 Å². The molecule has 0 radical (unpaired) electrons. The van der Waals surface area contributed by atoms with Crippen molar-refractivity contribution in [1.82, 2.24) is 34.5 Å². The maximum Gasteiger partial charge on any atom is 0.274 e. The third-order valence-electron chi connectivity index (χ3n) is 13.3. The van der Waals surface area contributed by atoms with Gasteiger partial charge in [-0.3, -0.25) is 34.1 Å². The van der Waals surface area contributed by atoms with Crippen LogP contribution < -0.4 is 15.5 Å².